The topological polar surface area (TPSA) is 116 Å². The molecular formula is C21H15F3N8O2. The third-order valence-corrected chi connectivity index (χ3v) is 5.40. The van der Waals surface area contributed by atoms with Crippen LogP contribution in [-0.4, -0.2) is 48.6 Å². The van der Waals surface area contributed by atoms with Gasteiger partial charge in [-0.15, -0.1) is 15.3 Å². The van der Waals surface area contributed by atoms with Crippen LogP contribution < -0.4 is 14.8 Å². The highest BCUT2D eigenvalue weighted by atomic mass is 19.4. The second-order valence-corrected chi connectivity index (χ2v) is 7.57. The largest absolute Gasteiger partial charge is 0.486 e. The normalized spacial score (nSPS) is 17.0. The quantitative estimate of drug-likeness (QED) is 0.471. The number of allylic oxidation sites excluding steroid dienone is 1. The van der Waals surface area contributed by atoms with Crippen LogP contribution >= 0.6 is 0 Å². The smallest absolute Gasteiger partial charge is 0.453 e. The summed E-state index contributed by atoms with van der Waals surface area (Å²) in [5, 5.41) is 20.6. The van der Waals surface area contributed by atoms with Crippen LogP contribution in [-0.2, 0) is 6.18 Å². The number of aromatic nitrogens is 7. The lowest BCUT2D eigenvalue weighted by Crippen LogP contribution is -2.21. The molecule has 2 aromatic carbocycles. The molecule has 10 nitrogen and oxygen atoms in total. The lowest BCUT2D eigenvalue weighted by atomic mass is 10.00. The molecule has 13 heteroatoms. The molecule has 2 N–H and O–H groups in total. The molecular weight excluding hydrogens is 453 g/mol. The fourth-order valence-corrected chi connectivity index (χ4v) is 3.87. The van der Waals surface area contributed by atoms with E-state index in [0.29, 0.717) is 52.9 Å². The Labute approximate surface area is 189 Å². The van der Waals surface area contributed by atoms with Gasteiger partial charge in [-0.3, -0.25) is 0 Å². The minimum Gasteiger partial charge on any atom is -0.486 e. The second-order valence-electron chi connectivity index (χ2n) is 7.57. The Morgan fingerprint density at radius 3 is 2.62 bits per heavy atom. The van der Waals surface area contributed by atoms with E-state index in [1.165, 1.54) is 4.68 Å². The molecule has 0 aliphatic carbocycles. The van der Waals surface area contributed by atoms with Gasteiger partial charge in [0.05, 0.1) is 0 Å². The first-order valence-electron chi connectivity index (χ1n) is 10.2. The van der Waals surface area contributed by atoms with Crippen LogP contribution in [0.15, 0.2) is 48.5 Å². The molecule has 0 spiro atoms. The summed E-state index contributed by atoms with van der Waals surface area (Å²) in [6.07, 6.45) is -2.91. The van der Waals surface area contributed by atoms with Gasteiger partial charge in [0, 0.05) is 11.3 Å². The number of benzene rings is 2. The van der Waals surface area contributed by atoms with E-state index in [0.717, 1.165) is 0 Å². The van der Waals surface area contributed by atoms with Gasteiger partial charge in [-0.2, -0.15) is 23.4 Å². The summed E-state index contributed by atoms with van der Waals surface area (Å²) in [6, 6.07) is 11.8. The summed E-state index contributed by atoms with van der Waals surface area (Å²) in [5.74, 6) is 0.233. The van der Waals surface area contributed by atoms with Gasteiger partial charge in [0.15, 0.2) is 11.5 Å². The third kappa shape index (κ3) is 3.50. The lowest BCUT2D eigenvalue weighted by molar-refractivity contribution is -0.145. The molecule has 2 aliphatic heterocycles. The summed E-state index contributed by atoms with van der Waals surface area (Å²) in [6.45, 7) is 0.821. The van der Waals surface area contributed by atoms with E-state index in [-0.39, 0.29) is 5.95 Å². The summed E-state index contributed by atoms with van der Waals surface area (Å²) in [5.41, 5.74) is 2.61. The zero-order valence-electron chi connectivity index (χ0n) is 17.2. The number of rotatable bonds is 3. The van der Waals surface area contributed by atoms with Crippen molar-refractivity contribution in [2.24, 2.45) is 0 Å². The van der Waals surface area contributed by atoms with E-state index in [2.05, 4.69) is 36.0 Å². The molecule has 6 rings (SSSR count). The number of nitrogens with one attached hydrogen (secondary N) is 2. The molecule has 0 amide bonds. The number of tetrazole rings is 1. The number of aromatic amines is 1. The standard InChI is InChI=1S/C21H15F3N8O2/c22-21(23,24)19-26-20-25-14(11-2-1-3-13(8-11)18-27-30-31-28-18)10-15(32(20)29-19)12-4-5-16-17(9-12)34-7-6-33-16/h1-5,8-10,15H,6-7H2,(H,25,26,29)(H,27,28,30,31)/t15-/m0/s1. The average molecular weight is 468 g/mol. The number of ether oxygens (including phenoxy) is 2. The highest BCUT2D eigenvalue weighted by molar-refractivity contribution is 5.79. The number of fused-ring (bicyclic) bond motifs is 2. The highest BCUT2D eigenvalue weighted by Crippen LogP contribution is 2.39. The number of nitrogens with zero attached hydrogens (tertiary/aromatic N) is 6. The lowest BCUT2D eigenvalue weighted by Gasteiger charge is -2.26. The molecule has 0 saturated carbocycles. The Bertz CT molecular complexity index is 1400. The minimum atomic E-state index is -4.69. The van der Waals surface area contributed by atoms with E-state index in [1.54, 1.807) is 42.5 Å². The molecule has 4 aromatic rings. The van der Waals surface area contributed by atoms with Crippen LogP contribution in [0.1, 0.15) is 23.0 Å². The molecule has 2 aliphatic rings. The molecule has 172 valence electrons. The van der Waals surface area contributed by atoms with Crippen molar-refractivity contribution in [3.8, 4) is 22.9 Å². The van der Waals surface area contributed by atoms with E-state index in [9.17, 15) is 13.2 Å². The number of hydrogen-bond donors (Lipinski definition) is 2. The van der Waals surface area contributed by atoms with Gasteiger partial charge in [-0.25, -0.2) is 4.68 Å². The summed E-state index contributed by atoms with van der Waals surface area (Å²) >= 11 is 0. The summed E-state index contributed by atoms with van der Waals surface area (Å²) < 4.78 is 52.7. The van der Waals surface area contributed by atoms with Gasteiger partial charge in [-0.05, 0) is 40.6 Å². The van der Waals surface area contributed by atoms with Gasteiger partial charge in [0.1, 0.15) is 19.3 Å². The molecule has 0 radical (unpaired) electrons. The van der Waals surface area contributed by atoms with E-state index >= 15 is 0 Å². The number of alkyl halides is 3. The van der Waals surface area contributed by atoms with Gasteiger partial charge >= 0.3 is 6.18 Å². The van der Waals surface area contributed by atoms with Crippen molar-refractivity contribution >= 4 is 11.6 Å². The Hall–Kier alpha value is -4.42. The number of anilines is 1. The molecule has 2 aromatic heterocycles. The van der Waals surface area contributed by atoms with Gasteiger partial charge < -0.3 is 14.8 Å². The number of H-pyrrole nitrogens is 1. The predicted octanol–water partition coefficient (Wildman–Crippen LogP) is 3.30. The Kier molecular flexibility index (Phi) is 4.50. The van der Waals surface area contributed by atoms with Crippen molar-refractivity contribution in [1.82, 2.24) is 35.4 Å². The zero-order chi connectivity index (χ0) is 23.3. The first kappa shape index (κ1) is 20.2. The second kappa shape index (κ2) is 7.57. The SMILES string of the molecule is FC(F)(F)c1nc2n(n1)[C@H](c1ccc3c(c1)OCCO3)C=C(c1cccc(-c3nn[nH]n3)c1)N2. The molecule has 4 heterocycles. The van der Waals surface area contributed by atoms with Crippen molar-refractivity contribution in [1.29, 1.82) is 0 Å². The molecule has 0 bridgehead atoms. The third-order valence-electron chi connectivity index (χ3n) is 5.40. The molecule has 0 saturated heterocycles. The van der Waals surface area contributed by atoms with E-state index in [4.69, 9.17) is 9.47 Å². The van der Waals surface area contributed by atoms with Crippen molar-refractivity contribution in [2.45, 2.75) is 12.2 Å². The Morgan fingerprint density at radius 2 is 1.82 bits per heavy atom. The molecule has 1 atom stereocenters. The molecule has 0 unspecified atom stereocenters. The number of hydrogen-bond acceptors (Lipinski definition) is 8. The minimum absolute atomic E-state index is 0.0327. The monoisotopic (exact) mass is 468 g/mol. The van der Waals surface area contributed by atoms with E-state index in [1.807, 2.05) is 6.07 Å². The molecule has 34 heavy (non-hydrogen) atoms. The Balaban J connectivity index is 1.46. The molecule has 0 fully saturated rings. The summed E-state index contributed by atoms with van der Waals surface area (Å²) in [4.78, 5) is 3.71. The average Bonchev–Trinajstić information content (AvgIpc) is 3.53. The van der Waals surface area contributed by atoms with Crippen molar-refractivity contribution < 1.29 is 22.6 Å². The van der Waals surface area contributed by atoms with E-state index < -0.39 is 18.0 Å². The maximum absolute atomic E-state index is 13.4. The van der Waals surface area contributed by atoms with Crippen molar-refractivity contribution in [3.05, 3.63) is 65.5 Å². The van der Waals surface area contributed by atoms with Gasteiger partial charge in [-0.1, -0.05) is 24.3 Å². The predicted molar refractivity (Wildman–Crippen MR) is 112 cm³/mol. The van der Waals surface area contributed by atoms with Crippen LogP contribution in [0.4, 0.5) is 19.1 Å². The van der Waals surface area contributed by atoms with Gasteiger partial charge in [0.2, 0.25) is 11.8 Å². The Morgan fingerprint density at radius 1 is 1.00 bits per heavy atom. The first-order chi connectivity index (χ1) is 16.5. The van der Waals surface area contributed by atoms with Crippen LogP contribution in [0.25, 0.3) is 17.1 Å². The first-order valence-corrected chi connectivity index (χ1v) is 10.2. The maximum Gasteiger partial charge on any atom is 0.453 e. The fourth-order valence-electron chi connectivity index (χ4n) is 3.87. The van der Waals surface area contributed by atoms with Gasteiger partial charge in [0.25, 0.3) is 5.82 Å². The van der Waals surface area contributed by atoms with Crippen molar-refractivity contribution in [2.75, 3.05) is 18.5 Å². The van der Waals surface area contributed by atoms with Crippen LogP contribution in [0.2, 0.25) is 0 Å². The maximum atomic E-state index is 13.4. The zero-order valence-corrected chi connectivity index (χ0v) is 17.2. The summed E-state index contributed by atoms with van der Waals surface area (Å²) in [7, 11) is 0. The van der Waals surface area contributed by atoms with Crippen LogP contribution in [0.3, 0.4) is 0 Å². The van der Waals surface area contributed by atoms with Crippen molar-refractivity contribution in [3.63, 3.8) is 0 Å². The van der Waals surface area contributed by atoms with Crippen LogP contribution in [0, 0.1) is 0 Å². The highest BCUT2D eigenvalue weighted by Gasteiger charge is 2.39. The number of halogens is 3. The van der Waals surface area contributed by atoms with Crippen LogP contribution in [0.5, 0.6) is 11.5 Å². The fraction of sp³-hybridized carbons (Fsp3) is 0.190.